The summed E-state index contributed by atoms with van der Waals surface area (Å²) in [7, 11) is 4.80. The molecule has 1 amide bonds. The highest BCUT2D eigenvalue weighted by atomic mass is 16.5. The van der Waals surface area contributed by atoms with Gasteiger partial charge < -0.3 is 24.1 Å². The Kier molecular flexibility index (Phi) is 7.88. The minimum absolute atomic E-state index is 0.0146. The van der Waals surface area contributed by atoms with Gasteiger partial charge in [-0.2, -0.15) is 4.98 Å². The Balaban J connectivity index is 1.83. The van der Waals surface area contributed by atoms with Gasteiger partial charge in [0.15, 0.2) is 11.5 Å². The molecule has 0 aliphatic rings. The van der Waals surface area contributed by atoms with Crippen LogP contribution in [-0.2, 0) is 16.0 Å². The Labute approximate surface area is 152 Å². The molecule has 2 aromatic rings. The van der Waals surface area contributed by atoms with Crippen LogP contribution in [0.5, 0.6) is 11.5 Å². The van der Waals surface area contributed by atoms with Crippen LogP contribution in [0.2, 0.25) is 0 Å². The maximum atomic E-state index is 11.7. The van der Waals surface area contributed by atoms with Crippen molar-refractivity contribution < 1.29 is 23.5 Å². The minimum Gasteiger partial charge on any atom is -0.493 e. The molecule has 0 aliphatic carbocycles. The van der Waals surface area contributed by atoms with Gasteiger partial charge in [0, 0.05) is 38.7 Å². The fourth-order valence-corrected chi connectivity index (χ4v) is 2.38. The van der Waals surface area contributed by atoms with Gasteiger partial charge in [-0.1, -0.05) is 5.16 Å². The predicted octanol–water partition coefficient (Wildman–Crippen LogP) is 2.23. The summed E-state index contributed by atoms with van der Waals surface area (Å²) >= 11 is 0. The second-order valence-corrected chi connectivity index (χ2v) is 5.63. The van der Waals surface area contributed by atoms with E-state index in [4.69, 9.17) is 18.7 Å². The number of ether oxygens (including phenoxy) is 3. The fraction of sp³-hybridized carbons (Fsp3) is 0.500. The molecular formula is C18H25N3O5. The van der Waals surface area contributed by atoms with E-state index < -0.39 is 0 Å². The van der Waals surface area contributed by atoms with E-state index in [1.165, 1.54) is 0 Å². The molecule has 26 heavy (non-hydrogen) atoms. The summed E-state index contributed by atoms with van der Waals surface area (Å²) in [5, 5.41) is 6.84. The highest BCUT2D eigenvalue weighted by Crippen LogP contribution is 2.31. The van der Waals surface area contributed by atoms with Crippen LogP contribution >= 0.6 is 0 Å². The number of carbonyl (C=O) groups excluding carboxylic acids is 1. The molecular weight excluding hydrogens is 338 g/mol. The van der Waals surface area contributed by atoms with Crippen LogP contribution in [0.25, 0.3) is 11.4 Å². The molecule has 1 heterocycles. The maximum absolute atomic E-state index is 11.7. The Bertz CT molecular complexity index is 702. The summed E-state index contributed by atoms with van der Waals surface area (Å²) in [5.41, 5.74) is 0.772. The number of amides is 1. The molecule has 1 aromatic heterocycles. The number of aryl methyl sites for hydroxylation is 1. The zero-order valence-corrected chi connectivity index (χ0v) is 15.4. The number of aromatic nitrogens is 2. The molecule has 0 fully saturated rings. The third kappa shape index (κ3) is 5.73. The van der Waals surface area contributed by atoms with Crippen molar-refractivity contribution in [3.05, 3.63) is 24.1 Å². The van der Waals surface area contributed by atoms with Crippen molar-refractivity contribution in [3.8, 4) is 22.9 Å². The van der Waals surface area contributed by atoms with Crippen molar-refractivity contribution >= 4 is 5.91 Å². The first-order valence-electron chi connectivity index (χ1n) is 8.48. The van der Waals surface area contributed by atoms with E-state index in [9.17, 15) is 4.79 Å². The van der Waals surface area contributed by atoms with Gasteiger partial charge in [0.05, 0.1) is 14.2 Å². The van der Waals surface area contributed by atoms with Gasteiger partial charge in [0.25, 0.3) is 0 Å². The van der Waals surface area contributed by atoms with Crippen LogP contribution in [0.15, 0.2) is 22.7 Å². The minimum atomic E-state index is 0.0146. The number of hydrogen-bond acceptors (Lipinski definition) is 7. The van der Waals surface area contributed by atoms with Gasteiger partial charge in [-0.15, -0.1) is 0 Å². The topological polar surface area (TPSA) is 95.7 Å². The number of hydrogen-bond donors (Lipinski definition) is 1. The molecule has 142 valence electrons. The third-order valence-corrected chi connectivity index (χ3v) is 3.75. The second kappa shape index (κ2) is 10.4. The SMILES string of the molecule is COCCCNC(=O)CCCc1nc(-c2ccc(OC)c(OC)c2)no1. The van der Waals surface area contributed by atoms with E-state index >= 15 is 0 Å². The van der Waals surface area contributed by atoms with Crippen molar-refractivity contribution in [3.63, 3.8) is 0 Å². The van der Waals surface area contributed by atoms with Gasteiger partial charge in [-0.3, -0.25) is 4.79 Å². The first-order chi connectivity index (χ1) is 12.7. The summed E-state index contributed by atoms with van der Waals surface area (Å²) in [6, 6.07) is 5.42. The van der Waals surface area contributed by atoms with Crippen LogP contribution in [0.1, 0.15) is 25.2 Å². The van der Waals surface area contributed by atoms with Crippen LogP contribution < -0.4 is 14.8 Å². The molecule has 0 aliphatic heterocycles. The number of methoxy groups -OCH3 is 3. The number of benzene rings is 1. The summed E-state index contributed by atoms with van der Waals surface area (Å²) in [4.78, 5) is 16.1. The van der Waals surface area contributed by atoms with Gasteiger partial charge >= 0.3 is 0 Å². The van der Waals surface area contributed by atoms with Crippen molar-refractivity contribution in [2.24, 2.45) is 0 Å². The average Bonchev–Trinajstić information content (AvgIpc) is 3.13. The second-order valence-electron chi connectivity index (χ2n) is 5.63. The van der Waals surface area contributed by atoms with Crippen molar-refractivity contribution in [2.75, 3.05) is 34.5 Å². The van der Waals surface area contributed by atoms with Crippen molar-refractivity contribution in [1.82, 2.24) is 15.5 Å². The molecule has 8 nitrogen and oxygen atoms in total. The molecule has 0 bridgehead atoms. The Hall–Kier alpha value is -2.61. The molecule has 1 aromatic carbocycles. The van der Waals surface area contributed by atoms with E-state index in [0.29, 0.717) is 55.6 Å². The highest BCUT2D eigenvalue weighted by Gasteiger charge is 2.12. The molecule has 2 rings (SSSR count). The lowest BCUT2D eigenvalue weighted by molar-refractivity contribution is -0.121. The maximum Gasteiger partial charge on any atom is 0.226 e. The largest absolute Gasteiger partial charge is 0.493 e. The fourth-order valence-electron chi connectivity index (χ4n) is 2.38. The van der Waals surface area contributed by atoms with E-state index in [2.05, 4.69) is 15.5 Å². The van der Waals surface area contributed by atoms with Crippen LogP contribution in [0.3, 0.4) is 0 Å². The van der Waals surface area contributed by atoms with Gasteiger partial charge in [0.1, 0.15) is 0 Å². The first kappa shape index (κ1) is 19.7. The smallest absolute Gasteiger partial charge is 0.226 e. The van der Waals surface area contributed by atoms with E-state index in [-0.39, 0.29) is 5.91 Å². The van der Waals surface area contributed by atoms with Crippen molar-refractivity contribution in [2.45, 2.75) is 25.7 Å². The Morgan fingerprint density at radius 1 is 1.15 bits per heavy atom. The molecule has 0 radical (unpaired) electrons. The van der Waals surface area contributed by atoms with E-state index in [0.717, 1.165) is 12.0 Å². The van der Waals surface area contributed by atoms with Gasteiger partial charge in [-0.05, 0) is 31.0 Å². The molecule has 0 spiro atoms. The van der Waals surface area contributed by atoms with Crippen LogP contribution in [-0.4, -0.2) is 50.5 Å². The van der Waals surface area contributed by atoms with Gasteiger partial charge in [0.2, 0.25) is 17.6 Å². The number of carbonyl (C=O) groups is 1. The monoisotopic (exact) mass is 363 g/mol. The lowest BCUT2D eigenvalue weighted by atomic mass is 10.2. The number of rotatable bonds is 11. The van der Waals surface area contributed by atoms with E-state index in [1.807, 2.05) is 6.07 Å². The van der Waals surface area contributed by atoms with Crippen LogP contribution in [0.4, 0.5) is 0 Å². The average molecular weight is 363 g/mol. The third-order valence-electron chi connectivity index (χ3n) is 3.75. The summed E-state index contributed by atoms with van der Waals surface area (Å²) in [5.74, 6) is 2.23. The number of nitrogens with one attached hydrogen (secondary N) is 1. The lowest BCUT2D eigenvalue weighted by Crippen LogP contribution is -2.24. The van der Waals surface area contributed by atoms with Gasteiger partial charge in [-0.25, -0.2) is 0 Å². The summed E-state index contributed by atoms with van der Waals surface area (Å²) in [6.45, 7) is 1.26. The zero-order chi connectivity index (χ0) is 18.8. The molecule has 1 N–H and O–H groups in total. The van der Waals surface area contributed by atoms with Crippen molar-refractivity contribution in [1.29, 1.82) is 0 Å². The number of nitrogens with zero attached hydrogens (tertiary/aromatic N) is 2. The molecule has 8 heteroatoms. The molecule has 0 saturated heterocycles. The molecule has 0 unspecified atom stereocenters. The molecule has 0 atom stereocenters. The molecule has 0 saturated carbocycles. The van der Waals surface area contributed by atoms with E-state index in [1.54, 1.807) is 33.5 Å². The zero-order valence-electron chi connectivity index (χ0n) is 15.4. The Morgan fingerprint density at radius 3 is 2.69 bits per heavy atom. The normalized spacial score (nSPS) is 10.6. The van der Waals surface area contributed by atoms with Crippen LogP contribution in [0, 0.1) is 0 Å². The standard InChI is InChI=1S/C18H25N3O5/c1-23-11-5-10-19-16(22)6-4-7-17-20-18(21-26-17)13-8-9-14(24-2)15(12-13)25-3/h8-9,12H,4-7,10-11H2,1-3H3,(H,19,22). The summed E-state index contributed by atoms with van der Waals surface area (Å²) < 4.78 is 20.7. The predicted molar refractivity (Wildman–Crippen MR) is 95.3 cm³/mol. The quantitative estimate of drug-likeness (QED) is 0.612. The summed E-state index contributed by atoms with van der Waals surface area (Å²) in [6.07, 6.45) is 2.41. The first-order valence-corrected chi connectivity index (χ1v) is 8.48. The lowest BCUT2D eigenvalue weighted by Gasteiger charge is -2.07. The Morgan fingerprint density at radius 2 is 1.96 bits per heavy atom. The highest BCUT2D eigenvalue weighted by molar-refractivity contribution is 5.75.